The first-order chi connectivity index (χ1) is 8.35. The maximum atomic E-state index is 5.47. The van der Waals surface area contributed by atoms with Crippen molar-refractivity contribution in [1.29, 1.82) is 0 Å². The summed E-state index contributed by atoms with van der Waals surface area (Å²) in [5.41, 5.74) is 5.47. The fourth-order valence-corrected chi connectivity index (χ4v) is 1.79. The summed E-state index contributed by atoms with van der Waals surface area (Å²) in [6.07, 6.45) is 6.30. The SMILES string of the molecule is COCCN(CCCCCCCN)CCOC. The molecule has 0 aromatic heterocycles. The van der Waals surface area contributed by atoms with Crippen molar-refractivity contribution in [2.24, 2.45) is 5.73 Å². The first-order valence-corrected chi connectivity index (χ1v) is 6.75. The number of nitrogens with two attached hydrogens (primary N) is 1. The Labute approximate surface area is 106 Å². The van der Waals surface area contributed by atoms with E-state index in [4.69, 9.17) is 15.2 Å². The molecule has 0 radical (unpaired) electrons. The van der Waals surface area contributed by atoms with E-state index in [0.29, 0.717) is 0 Å². The lowest BCUT2D eigenvalue weighted by Gasteiger charge is -2.21. The number of rotatable bonds is 13. The van der Waals surface area contributed by atoms with Crippen molar-refractivity contribution in [2.45, 2.75) is 32.1 Å². The lowest BCUT2D eigenvalue weighted by atomic mass is 10.1. The summed E-state index contributed by atoms with van der Waals surface area (Å²) in [6.45, 7) is 5.59. The Kier molecular flexibility index (Phi) is 13.8. The standard InChI is InChI=1S/C13H30N2O2/c1-16-12-10-15(11-13-17-2)9-7-5-3-4-6-8-14/h3-14H2,1-2H3. The minimum atomic E-state index is 0.802. The molecule has 0 saturated carbocycles. The van der Waals surface area contributed by atoms with Gasteiger partial charge in [-0.25, -0.2) is 0 Å². The molecule has 0 aliphatic carbocycles. The van der Waals surface area contributed by atoms with Crippen LogP contribution in [0.2, 0.25) is 0 Å². The summed E-state index contributed by atoms with van der Waals surface area (Å²) in [7, 11) is 3.50. The largest absolute Gasteiger partial charge is 0.383 e. The van der Waals surface area contributed by atoms with Gasteiger partial charge in [-0.3, -0.25) is 4.90 Å². The first kappa shape index (κ1) is 16.8. The van der Waals surface area contributed by atoms with Gasteiger partial charge in [0, 0.05) is 27.3 Å². The van der Waals surface area contributed by atoms with Crippen LogP contribution in [0, 0.1) is 0 Å². The molecule has 0 aromatic carbocycles. The quantitative estimate of drug-likeness (QED) is 0.500. The zero-order valence-corrected chi connectivity index (χ0v) is 11.6. The van der Waals surface area contributed by atoms with E-state index in [1.165, 1.54) is 25.7 Å². The second kappa shape index (κ2) is 13.9. The molecule has 0 spiro atoms. The van der Waals surface area contributed by atoms with Gasteiger partial charge in [0.2, 0.25) is 0 Å². The van der Waals surface area contributed by atoms with Crippen molar-refractivity contribution in [3.63, 3.8) is 0 Å². The van der Waals surface area contributed by atoms with E-state index in [0.717, 1.165) is 45.8 Å². The highest BCUT2D eigenvalue weighted by molar-refractivity contribution is 4.58. The molecule has 0 amide bonds. The zero-order valence-electron chi connectivity index (χ0n) is 11.6. The molecule has 4 heteroatoms. The summed E-state index contributed by atoms with van der Waals surface area (Å²) in [6, 6.07) is 0. The summed E-state index contributed by atoms with van der Waals surface area (Å²) in [5.74, 6) is 0. The van der Waals surface area contributed by atoms with Crippen LogP contribution >= 0.6 is 0 Å². The molecule has 0 rings (SSSR count). The smallest absolute Gasteiger partial charge is 0.0589 e. The molecule has 0 heterocycles. The van der Waals surface area contributed by atoms with Crippen LogP contribution in [0.5, 0.6) is 0 Å². The molecule has 0 aliphatic rings. The lowest BCUT2D eigenvalue weighted by Crippen LogP contribution is -2.31. The molecule has 17 heavy (non-hydrogen) atoms. The van der Waals surface area contributed by atoms with Gasteiger partial charge in [-0.05, 0) is 25.9 Å². The van der Waals surface area contributed by atoms with E-state index in [1.807, 2.05) is 0 Å². The second-order valence-electron chi connectivity index (χ2n) is 4.38. The number of unbranched alkanes of at least 4 members (excludes halogenated alkanes) is 4. The Morgan fingerprint density at radius 2 is 1.29 bits per heavy atom. The fraction of sp³-hybridized carbons (Fsp3) is 1.00. The fourth-order valence-electron chi connectivity index (χ4n) is 1.79. The van der Waals surface area contributed by atoms with E-state index in [2.05, 4.69) is 4.90 Å². The maximum absolute atomic E-state index is 5.47. The van der Waals surface area contributed by atoms with Crippen LogP contribution in [0.1, 0.15) is 32.1 Å². The summed E-state index contributed by atoms with van der Waals surface area (Å²) in [4.78, 5) is 2.41. The molecule has 4 nitrogen and oxygen atoms in total. The maximum Gasteiger partial charge on any atom is 0.0589 e. The van der Waals surface area contributed by atoms with Crippen molar-refractivity contribution in [3.8, 4) is 0 Å². The average molecular weight is 246 g/mol. The monoisotopic (exact) mass is 246 g/mol. The molecule has 0 unspecified atom stereocenters. The van der Waals surface area contributed by atoms with Gasteiger partial charge < -0.3 is 15.2 Å². The Bertz CT molecular complexity index is 137. The van der Waals surface area contributed by atoms with Crippen molar-refractivity contribution < 1.29 is 9.47 Å². The van der Waals surface area contributed by atoms with E-state index in [9.17, 15) is 0 Å². The van der Waals surface area contributed by atoms with Crippen molar-refractivity contribution in [2.75, 3.05) is 53.6 Å². The van der Waals surface area contributed by atoms with Crippen molar-refractivity contribution in [3.05, 3.63) is 0 Å². The Morgan fingerprint density at radius 3 is 1.82 bits per heavy atom. The Morgan fingerprint density at radius 1 is 0.765 bits per heavy atom. The van der Waals surface area contributed by atoms with Gasteiger partial charge in [0.25, 0.3) is 0 Å². The third-order valence-electron chi connectivity index (χ3n) is 2.90. The van der Waals surface area contributed by atoms with E-state index < -0.39 is 0 Å². The number of ether oxygens (including phenoxy) is 2. The zero-order chi connectivity index (χ0) is 12.8. The van der Waals surface area contributed by atoms with Gasteiger partial charge in [0.15, 0.2) is 0 Å². The van der Waals surface area contributed by atoms with Gasteiger partial charge in [-0.1, -0.05) is 19.3 Å². The first-order valence-electron chi connectivity index (χ1n) is 6.75. The van der Waals surface area contributed by atoms with Gasteiger partial charge >= 0.3 is 0 Å². The number of hydrogen-bond acceptors (Lipinski definition) is 4. The average Bonchev–Trinajstić information content (AvgIpc) is 2.35. The molecule has 104 valence electrons. The minimum absolute atomic E-state index is 0.802. The van der Waals surface area contributed by atoms with Gasteiger partial charge in [-0.15, -0.1) is 0 Å². The second-order valence-corrected chi connectivity index (χ2v) is 4.38. The molecule has 0 aromatic rings. The predicted octanol–water partition coefficient (Wildman–Crippen LogP) is 1.49. The summed E-state index contributed by atoms with van der Waals surface area (Å²) < 4.78 is 10.2. The number of hydrogen-bond donors (Lipinski definition) is 1. The van der Waals surface area contributed by atoms with Gasteiger partial charge in [-0.2, -0.15) is 0 Å². The molecule has 2 N–H and O–H groups in total. The molecule has 0 bridgehead atoms. The van der Waals surface area contributed by atoms with E-state index >= 15 is 0 Å². The number of methoxy groups -OCH3 is 2. The minimum Gasteiger partial charge on any atom is -0.383 e. The topological polar surface area (TPSA) is 47.7 Å². The Hall–Kier alpha value is -0.160. The van der Waals surface area contributed by atoms with Crippen LogP contribution in [0.25, 0.3) is 0 Å². The van der Waals surface area contributed by atoms with E-state index in [-0.39, 0.29) is 0 Å². The summed E-state index contributed by atoms with van der Waals surface area (Å²) in [5, 5.41) is 0. The van der Waals surface area contributed by atoms with Crippen molar-refractivity contribution >= 4 is 0 Å². The van der Waals surface area contributed by atoms with Crippen LogP contribution in [0.3, 0.4) is 0 Å². The van der Waals surface area contributed by atoms with E-state index in [1.54, 1.807) is 14.2 Å². The van der Waals surface area contributed by atoms with Crippen LogP contribution in [-0.2, 0) is 9.47 Å². The number of nitrogens with zero attached hydrogens (tertiary/aromatic N) is 1. The molecule has 0 atom stereocenters. The van der Waals surface area contributed by atoms with Gasteiger partial charge in [0.1, 0.15) is 0 Å². The highest BCUT2D eigenvalue weighted by atomic mass is 16.5. The van der Waals surface area contributed by atoms with Crippen LogP contribution in [-0.4, -0.2) is 58.5 Å². The van der Waals surface area contributed by atoms with Crippen LogP contribution < -0.4 is 5.73 Å². The summed E-state index contributed by atoms with van der Waals surface area (Å²) >= 11 is 0. The Balaban J connectivity index is 3.45. The molecule has 0 saturated heterocycles. The molecule has 0 aliphatic heterocycles. The highest BCUT2D eigenvalue weighted by Gasteiger charge is 2.03. The third kappa shape index (κ3) is 12.1. The lowest BCUT2D eigenvalue weighted by molar-refractivity contribution is 0.113. The van der Waals surface area contributed by atoms with Crippen LogP contribution in [0.15, 0.2) is 0 Å². The van der Waals surface area contributed by atoms with Crippen LogP contribution in [0.4, 0.5) is 0 Å². The molecular formula is C13H30N2O2. The molecule has 0 fully saturated rings. The highest BCUT2D eigenvalue weighted by Crippen LogP contribution is 2.03. The van der Waals surface area contributed by atoms with Gasteiger partial charge in [0.05, 0.1) is 13.2 Å². The normalized spacial score (nSPS) is 11.3. The molecular weight excluding hydrogens is 216 g/mol. The van der Waals surface area contributed by atoms with Crippen molar-refractivity contribution in [1.82, 2.24) is 4.90 Å². The predicted molar refractivity (Wildman–Crippen MR) is 72.3 cm³/mol. The third-order valence-corrected chi connectivity index (χ3v) is 2.90.